The van der Waals surface area contributed by atoms with Crippen LogP contribution >= 0.6 is 0 Å². The Labute approximate surface area is 65.1 Å². The van der Waals surface area contributed by atoms with Gasteiger partial charge in [0.2, 0.25) is 0 Å². The number of azide groups is 1. The van der Waals surface area contributed by atoms with Gasteiger partial charge in [-0.15, -0.1) is 0 Å². The van der Waals surface area contributed by atoms with Crippen LogP contribution in [0.15, 0.2) is 11.2 Å². The van der Waals surface area contributed by atoms with Crippen LogP contribution in [0, 0.1) is 23.5 Å². The molecule has 6 heteroatoms. The van der Waals surface area contributed by atoms with Gasteiger partial charge in [0.1, 0.15) is 23.1 Å². The highest BCUT2D eigenvalue weighted by Crippen LogP contribution is 2.22. The normalized spacial score (nSPS) is 9.25. The van der Waals surface area contributed by atoms with Gasteiger partial charge in [-0.05, 0) is 5.53 Å². The summed E-state index contributed by atoms with van der Waals surface area (Å²) in [4.78, 5) is 2.16. The molecule has 0 aliphatic heterocycles. The van der Waals surface area contributed by atoms with Gasteiger partial charge in [-0.3, -0.25) is 0 Å². The van der Waals surface area contributed by atoms with Crippen LogP contribution in [-0.4, -0.2) is 0 Å². The molecule has 1 rings (SSSR count). The molecule has 0 aliphatic carbocycles. The Morgan fingerprint density at radius 1 is 1.42 bits per heavy atom. The van der Waals surface area contributed by atoms with Gasteiger partial charge in [-0.1, -0.05) is 5.11 Å². The Bertz CT molecular complexity index is 334. The maximum Gasteiger partial charge on any atom is 0.146 e. The molecule has 0 fully saturated rings. The first-order valence-corrected chi connectivity index (χ1v) is 2.77. The van der Waals surface area contributed by atoms with Crippen LogP contribution in [0.2, 0.25) is 0 Å². The first-order chi connectivity index (χ1) is 5.65. The average molecular weight is 172 g/mol. The van der Waals surface area contributed by atoms with Crippen LogP contribution in [0.5, 0.6) is 0 Å². The Hall–Kier alpha value is -1.68. The molecule has 0 saturated heterocycles. The summed E-state index contributed by atoms with van der Waals surface area (Å²) < 4.78 is 37.2. The van der Waals surface area contributed by atoms with Crippen LogP contribution in [0.1, 0.15) is 0 Å². The van der Waals surface area contributed by atoms with E-state index >= 15 is 0 Å². The van der Waals surface area contributed by atoms with E-state index < -0.39 is 23.1 Å². The molecule has 0 unspecified atom stereocenters. The molecular weight excluding hydrogens is 171 g/mol. The van der Waals surface area contributed by atoms with Crippen molar-refractivity contribution in [1.29, 1.82) is 0 Å². The highest BCUT2D eigenvalue weighted by atomic mass is 19.1. The maximum absolute atomic E-state index is 12.5. The standard InChI is InChI=1S/C6HF3N3/c7-3-1-4(8)6(11-12-10)5(9)2-3/h1H. The summed E-state index contributed by atoms with van der Waals surface area (Å²) in [6.45, 7) is 0. The predicted molar refractivity (Wildman–Crippen MR) is 34.0 cm³/mol. The second-order valence-corrected chi connectivity index (χ2v) is 1.82. The molecule has 0 N–H and O–H groups in total. The van der Waals surface area contributed by atoms with E-state index in [1.807, 2.05) is 0 Å². The third-order valence-electron chi connectivity index (χ3n) is 1.06. The van der Waals surface area contributed by atoms with Gasteiger partial charge in [0.15, 0.2) is 0 Å². The lowest BCUT2D eigenvalue weighted by molar-refractivity contribution is 0.543. The minimum absolute atomic E-state index is 0.382. The van der Waals surface area contributed by atoms with Crippen molar-refractivity contribution in [2.24, 2.45) is 5.11 Å². The molecule has 0 aliphatic rings. The fourth-order valence-electron chi connectivity index (χ4n) is 0.621. The van der Waals surface area contributed by atoms with Crippen molar-refractivity contribution < 1.29 is 13.2 Å². The van der Waals surface area contributed by atoms with E-state index in [4.69, 9.17) is 5.53 Å². The third kappa shape index (κ3) is 1.49. The fraction of sp³-hybridized carbons (Fsp3) is 0. The Balaban J connectivity index is 3.37. The summed E-state index contributed by atoms with van der Waals surface area (Å²) in [5.74, 6) is -3.77. The lowest BCUT2D eigenvalue weighted by Gasteiger charge is -1.95. The minimum atomic E-state index is -1.34. The molecule has 0 atom stereocenters. The summed E-state index contributed by atoms with van der Waals surface area (Å²) in [6.07, 6.45) is 0. The van der Waals surface area contributed by atoms with E-state index in [0.717, 1.165) is 0 Å². The number of nitrogens with zero attached hydrogens (tertiary/aromatic N) is 3. The van der Waals surface area contributed by atoms with E-state index in [1.165, 1.54) is 6.07 Å². The molecule has 0 amide bonds. The predicted octanol–water partition coefficient (Wildman–Crippen LogP) is 2.85. The zero-order valence-corrected chi connectivity index (χ0v) is 5.55. The monoisotopic (exact) mass is 172 g/mol. The smallest absolute Gasteiger partial charge is 0.146 e. The van der Waals surface area contributed by atoms with Crippen molar-refractivity contribution in [1.82, 2.24) is 0 Å². The lowest BCUT2D eigenvalue weighted by atomic mass is 10.3. The quantitative estimate of drug-likeness (QED) is 0.355. The summed E-state index contributed by atoms with van der Waals surface area (Å²) in [6, 6.07) is 1.91. The summed E-state index contributed by atoms with van der Waals surface area (Å²) in [5.41, 5.74) is 6.98. The van der Waals surface area contributed by atoms with Crippen LogP contribution < -0.4 is 0 Å². The molecule has 61 valence electrons. The molecule has 0 heterocycles. The van der Waals surface area contributed by atoms with Gasteiger partial charge in [0.05, 0.1) is 6.07 Å². The van der Waals surface area contributed by atoms with E-state index in [2.05, 4.69) is 10.0 Å². The zero-order valence-electron chi connectivity index (χ0n) is 5.55. The topological polar surface area (TPSA) is 48.8 Å². The Kier molecular flexibility index (Phi) is 2.21. The summed E-state index contributed by atoms with van der Waals surface area (Å²) >= 11 is 0. The first kappa shape index (κ1) is 8.42. The molecule has 0 saturated carbocycles. The molecule has 3 nitrogen and oxygen atoms in total. The fourth-order valence-corrected chi connectivity index (χ4v) is 0.621. The summed E-state index contributed by atoms with van der Waals surface area (Å²) in [7, 11) is 0. The van der Waals surface area contributed by atoms with Crippen LogP contribution in [0.3, 0.4) is 0 Å². The van der Waals surface area contributed by atoms with Gasteiger partial charge >= 0.3 is 0 Å². The molecule has 12 heavy (non-hydrogen) atoms. The molecule has 1 aromatic rings. The van der Waals surface area contributed by atoms with Crippen molar-refractivity contribution >= 4 is 5.69 Å². The van der Waals surface area contributed by atoms with Crippen molar-refractivity contribution in [3.63, 3.8) is 0 Å². The van der Waals surface area contributed by atoms with Crippen LogP contribution in [0.4, 0.5) is 18.9 Å². The molecule has 1 aromatic carbocycles. The Morgan fingerprint density at radius 2 is 2.08 bits per heavy atom. The highest BCUT2D eigenvalue weighted by molar-refractivity contribution is 5.39. The number of hydrogen-bond acceptors (Lipinski definition) is 1. The zero-order chi connectivity index (χ0) is 9.14. The number of benzene rings is 1. The van der Waals surface area contributed by atoms with Crippen molar-refractivity contribution in [3.8, 4) is 0 Å². The van der Waals surface area contributed by atoms with E-state index in [0.29, 0.717) is 6.07 Å². The van der Waals surface area contributed by atoms with Crippen LogP contribution in [-0.2, 0) is 0 Å². The number of hydrogen-bond donors (Lipinski definition) is 0. The summed E-state index contributed by atoms with van der Waals surface area (Å²) in [5, 5.41) is 2.68. The van der Waals surface area contributed by atoms with E-state index in [-0.39, 0.29) is 0 Å². The van der Waals surface area contributed by atoms with Gasteiger partial charge in [-0.25, -0.2) is 13.2 Å². The van der Waals surface area contributed by atoms with E-state index in [1.54, 1.807) is 0 Å². The van der Waals surface area contributed by atoms with Crippen molar-refractivity contribution in [2.75, 3.05) is 0 Å². The minimum Gasteiger partial charge on any atom is -0.206 e. The molecular formula is C6HF3N3. The highest BCUT2D eigenvalue weighted by Gasteiger charge is 2.09. The Morgan fingerprint density at radius 3 is 2.58 bits per heavy atom. The van der Waals surface area contributed by atoms with Crippen molar-refractivity contribution in [2.45, 2.75) is 0 Å². The van der Waals surface area contributed by atoms with Crippen LogP contribution in [0.25, 0.3) is 10.4 Å². The molecule has 0 bridgehead atoms. The lowest BCUT2D eigenvalue weighted by Crippen LogP contribution is -1.85. The molecule has 0 aromatic heterocycles. The average Bonchev–Trinajstić information content (AvgIpc) is 1.96. The van der Waals surface area contributed by atoms with Gasteiger partial charge in [-0.2, -0.15) is 0 Å². The van der Waals surface area contributed by atoms with E-state index in [9.17, 15) is 13.2 Å². The molecule has 0 spiro atoms. The number of rotatable bonds is 1. The van der Waals surface area contributed by atoms with Gasteiger partial charge < -0.3 is 0 Å². The van der Waals surface area contributed by atoms with Crippen molar-refractivity contribution in [3.05, 3.63) is 40.0 Å². The maximum atomic E-state index is 12.5. The molecule has 1 radical (unpaired) electrons. The SMILES string of the molecule is [N-]=[N+]=Nc1c(F)[c]c(F)cc1F. The number of halogens is 3. The second kappa shape index (κ2) is 3.15. The largest absolute Gasteiger partial charge is 0.206 e. The second-order valence-electron chi connectivity index (χ2n) is 1.82. The van der Waals surface area contributed by atoms with Gasteiger partial charge in [0, 0.05) is 11.0 Å². The van der Waals surface area contributed by atoms with Gasteiger partial charge in [0.25, 0.3) is 0 Å². The first-order valence-electron chi connectivity index (χ1n) is 2.77. The third-order valence-corrected chi connectivity index (χ3v) is 1.06.